The third-order valence-electron chi connectivity index (χ3n) is 6.30. The molecule has 3 aromatic rings. The van der Waals surface area contributed by atoms with Gasteiger partial charge in [-0.1, -0.05) is 37.6 Å². The van der Waals surface area contributed by atoms with Crippen molar-refractivity contribution in [1.82, 2.24) is 4.90 Å². The molecule has 0 radical (unpaired) electrons. The lowest BCUT2D eigenvalue weighted by Gasteiger charge is -2.32. The van der Waals surface area contributed by atoms with Crippen molar-refractivity contribution in [2.24, 2.45) is 11.1 Å². The molecule has 2 amide bonds. The molecule has 0 saturated carbocycles. The van der Waals surface area contributed by atoms with E-state index in [9.17, 15) is 9.59 Å². The van der Waals surface area contributed by atoms with Gasteiger partial charge >= 0.3 is 0 Å². The first kappa shape index (κ1) is 29.8. The fraction of sp³-hybridized carbons (Fsp3) is 0.333. The predicted octanol–water partition coefficient (Wildman–Crippen LogP) is 5.17. The number of ether oxygens (including phenoxy) is 3. The number of hydrogen-bond acceptors (Lipinski definition) is 6. The van der Waals surface area contributed by atoms with Gasteiger partial charge in [-0.15, -0.1) is 0 Å². The van der Waals surface area contributed by atoms with E-state index < -0.39 is 0 Å². The normalized spacial score (nSPS) is 11.1. The van der Waals surface area contributed by atoms with Crippen molar-refractivity contribution < 1.29 is 23.8 Å². The number of nitrogens with two attached hydrogens (primary N) is 1. The highest BCUT2D eigenvalue weighted by atomic mass is 35.5. The van der Waals surface area contributed by atoms with Gasteiger partial charge in [-0.05, 0) is 71.6 Å². The molecule has 208 valence electrons. The Morgan fingerprint density at radius 1 is 0.923 bits per heavy atom. The molecule has 0 saturated heterocycles. The van der Waals surface area contributed by atoms with E-state index in [1.54, 1.807) is 55.5 Å². The molecule has 0 aliphatic carbocycles. The van der Waals surface area contributed by atoms with Gasteiger partial charge in [-0.2, -0.15) is 0 Å². The highest BCUT2D eigenvalue weighted by Crippen LogP contribution is 2.30. The molecule has 8 nitrogen and oxygen atoms in total. The van der Waals surface area contributed by atoms with Crippen LogP contribution in [0.3, 0.4) is 0 Å². The van der Waals surface area contributed by atoms with Gasteiger partial charge in [0.1, 0.15) is 5.75 Å². The molecular formula is C30H36ClN3O5. The Morgan fingerprint density at radius 2 is 1.62 bits per heavy atom. The van der Waals surface area contributed by atoms with Crippen LogP contribution in [0.4, 0.5) is 5.69 Å². The molecule has 39 heavy (non-hydrogen) atoms. The average Bonchev–Trinajstić information content (AvgIpc) is 2.93. The molecule has 0 heterocycles. The van der Waals surface area contributed by atoms with Gasteiger partial charge in [0, 0.05) is 29.4 Å². The summed E-state index contributed by atoms with van der Waals surface area (Å²) >= 11 is 6.55. The first-order valence-corrected chi connectivity index (χ1v) is 12.9. The number of carbonyl (C=O) groups is 2. The largest absolute Gasteiger partial charge is 0.497 e. The summed E-state index contributed by atoms with van der Waals surface area (Å²) in [5.41, 5.74) is 8.25. The van der Waals surface area contributed by atoms with Crippen molar-refractivity contribution in [3.8, 4) is 17.2 Å². The summed E-state index contributed by atoms with van der Waals surface area (Å²) in [6.45, 7) is 5.00. The van der Waals surface area contributed by atoms with Gasteiger partial charge < -0.3 is 30.2 Å². The van der Waals surface area contributed by atoms with Crippen molar-refractivity contribution in [2.75, 3.05) is 39.7 Å². The highest BCUT2D eigenvalue weighted by Gasteiger charge is 2.26. The SMILES string of the molecule is COc1ccc(CC(=O)Nc2ccc(Cl)c(CN(CC(C)(C)CN)C(=O)c3ccc(OC)c(OC)c3)c2)cc1. The third-order valence-corrected chi connectivity index (χ3v) is 6.67. The van der Waals surface area contributed by atoms with Crippen LogP contribution in [-0.4, -0.2) is 51.1 Å². The standard InChI is InChI=1S/C30H36ClN3O5/c1-30(2,18-32)19-34(29(36)21-8-13-26(38-4)27(16-21)39-5)17-22-15-23(9-12-25(22)31)33-28(35)14-20-6-10-24(37-3)11-7-20/h6-13,15-16H,14,17-19,32H2,1-5H3,(H,33,35). The van der Waals surface area contributed by atoms with E-state index in [4.69, 9.17) is 31.5 Å². The summed E-state index contributed by atoms with van der Waals surface area (Å²) in [6, 6.07) is 17.6. The van der Waals surface area contributed by atoms with E-state index in [0.29, 0.717) is 46.4 Å². The van der Waals surface area contributed by atoms with Crippen molar-refractivity contribution in [2.45, 2.75) is 26.8 Å². The summed E-state index contributed by atoms with van der Waals surface area (Å²) < 4.78 is 15.9. The lowest BCUT2D eigenvalue weighted by atomic mass is 9.92. The molecule has 0 aliphatic rings. The zero-order valence-electron chi connectivity index (χ0n) is 23.0. The van der Waals surface area contributed by atoms with Crippen LogP contribution in [0.25, 0.3) is 0 Å². The lowest BCUT2D eigenvalue weighted by molar-refractivity contribution is -0.115. The maximum Gasteiger partial charge on any atom is 0.254 e. The fourth-order valence-electron chi connectivity index (χ4n) is 4.05. The van der Waals surface area contributed by atoms with Crippen LogP contribution in [0.1, 0.15) is 35.3 Å². The molecular weight excluding hydrogens is 518 g/mol. The zero-order valence-corrected chi connectivity index (χ0v) is 23.8. The average molecular weight is 554 g/mol. The summed E-state index contributed by atoms with van der Waals surface area (Å²) in [5.74, 6) is 1.34. The topological polar surface area (TPSA) is 103 Å². The maximum atomic E-state index is 13.7. The molecule has 3 rings (SSSR count). The first-order valence-electron chi connectivity index (χ1n) is 12.5. The van der Waals surface area contributed by atoms with E-state index in [0.717, 1.165) is 11.3 Å². The number of nitrogens with one attached hydrogen (secondary N) is 1. The second-order valence-corrected chi connectivity index (χ2v) is 10.4. The predicted molar refractivity (Wildman–Crippen MR) is 154 cm³/mol. The Hall–Kier alpha value is -3.75. The van der Waals surface area contributed by atoms with E-state index in [2.05, 4.69) is 5.32 Å². The summed E-state index contributed by atoms with van der Waals surface area (Å²) in [6.07, 6.45) is 0.205. The molecule has 0 unspecified atom stereocenters. The first-order chi connectivity index (χ1) is 18.6. The number of carbonyl (C=O) groups excluding carboxylic acids is 2. The number of halogens is 1. The minimum Gasteiger partial charge on any atom is -0.497 e. The second-order valence-electron chi connectivity index (χ2n) is 9.98. The van der Waals surface area contributed by atoms with Crippen molar-refractivity contribution in [3.05, 3.63) is 82.4 Å². The van der Waals surface area contributed by atoms with E-state index in [-0.39, 0.29) is 30.2 Å². The van der Waals surface area contributed by atoms with Gasteiger partial charge in [-0.25, -0.2) is 0 Å². The van der Waals surface area contributed by atoms with E-state index in [1.807, 2.05) is 38.1 Å². The van der Waals surface area contributed by atoms with Crippen LogP contribution in [-0.2, 0) is 17.8 Å². The van der Waals surface area contributed by atoms with E-state index >= 15 is 0 Å². The molecule has 0 aromatic heterocycles. The van der Waals surface area contributed by atoms with Gasteiger partial charge in [0.05, 0.1) is 27.8 Å². The highest BCUT2D eigenvalue weighted by molar-refractivity contribution is 6.31. The lowest BCUT2D eigenvalue weighted by Crippen LogP contribution is -2.41. The number of nitrogens with zero attached hydrogens (tertiary/aromatic N) is 1. The summed E-state index contributed by atoms with van der Waals surface area (Å²) in [5, 5.41) is 3.41. The Bertz CT molecular complexity index is 1290. The minimum atomic E-state index is -0.344. The third kappa shape index (κ3) is 8.12. The number of amides is 2. The molecule has 0 atom stereocenters. The minimum absolute atomic E-state index is 0.170. The smallest absolute Gasteiger partial charge is 0.254 e. The Balaban J connectivity index is 1.83. The molecule has 9 heteroatoms. The molecule has 0 fully saturated rings. The van der Waals surface area contributed by atoms with Crippen molar-refractivity contribution in [3.63, 3.8) is 0 Å². The molecule has 0 aliphatic heterocycles. The zero-order chi connectivity index (χ0) is 28.6. The molecule has 3 aromatic carbocycles. The van der Waals surface area contributed by atoms with Crippen molar-refractivity contribution in [1.29, 1.82) is 0 Å². The molecule has 0 bridgehead atoms. The van der Waals surface area contributed by atoms with Gasteiger partial charge in [-0.3, -0.25) is 9.59 Å². The number of rotatable bonds is 12. The van der Waals surface area contributed by atoms with Crippen LogP contribution in [0.5, 0.6) is 17.2 Å². The van der Waals surface area contributed by atoms with Crippen LogP contribution in [0.15, 0.2) is 60.7 Å². The second kappa shape index (κ2) is 13.4. The fourth-order valence-corrected chi connectivity index (χ4v) is 4.22. The van der Waals surface area contributed by atoms with Gasteiger partial charge in [0.15, 0.2) is 11.5 Å². The molecule has 0 spiro atoms. The van der Waals surface area contributed by atoms with Gasteiger partial charge in [0.2, 0.25) is 5.91 Å². The number of benzene rings is 3. The Kier molecular flexibility index (Phi) is 10.2. The van der Waals surface area contributed by atoms with E-state index in [1.165, 1.54) is 7.11 Å². The number of anilines is 1. The Morgan fingerprint density at radius 3 is 2.23 bits per heavy atom. The number of methoxy groups -OCH3 is 3. The number of hydrogen-bond donors (Lipinski definition) is 2. The monoisotopic (exact) mass is 553 g/mol. The Labute approximate surface area is 235 Å². The van der Waals surface area contributed by atoms with Gasteiger partial charge in [0.25, 0.3) is 5.91 Å². The summed E-state index contributed by atoms with van der Waals surface area (Å²) in [7, 11) is 4.66. The molecule has 3 N–H and O–H groups in total. The van der Waals surface area contributed by atoms with Crippen LogP contribution in [0.2, 0.25) is 5.02 Å². The maximum absolute atomic E-state index is 13.7. The quantitative estimate of drug-likeness (QED) is 0.320. The summed E-state index contributed by atoms with van der Waals surface area (Å²) in [4.78, 5) is 28.1. The van der Waals surface area contributed by atoms with Crippen molar-refractivity contribution >= 4 is 29.1 Å². The van der Waals surface area contributed by atoms with Crippen LogP contribution in [0, 0.1) is 5.41 Å². The van der Waals surface area contributed by atoms with Crippen LogP contribution < -0.4 is 25.3 Å². The van der Waals surface area contributed by atoms with Crippen LogP contribution >= 0.6 is 11.6 Å².